The van der Waals surface area contributed by atoms with Crippen molar-refractivity contribution in [2.75, 3.05) is 13.2 Å². The summed E-state index contributed by atoms with van der Waals surface area (Å²) in [4.78, 5) is 22.1. The number of rotatable bonds is 5. The molecule has 1 heterocycles. The van der Waals surface area contributed by atoms with Gasteiger partial charge >= 0.3 is 5.97 Å². The van der Waals surface area contributed by atoms with Crippen molar-refractivity contribution in [3.8, 4) is 0 Å². The molecule has 1 N–H and O–H groups in total. The standard InChI is InChI=1S/C10H16N4O3/c1-4-17-10(16)9-7(2)14(13-12-9)6-5-11-8(3)15/h4-6H2,1-3H3,(H,11,15). The normalized spacial score (nSPS) is 10.1. The molecule has 0 fully saturated rings. The Morgan fingerprint density at radius 3 is 2.76 bits per heavy atom. The first-order valence-electron chi connectivity index (χ1n) is 5.38. The van der Waals surface area contributed by atoms with E-state index < -0.39 is 5.97 Å². The van der Waals surface area contributed by atoms with Crippen LogP contribution >= 0.6 is 0 Å². The van der Waals surface area contributed by atoms with Crippen molar-refractivity contribution in [2.24, 2.45) is 0 Å². The molecule has 0 radical (unpaired) electrons. The van der Waals surface area contributed by atoms with Gasteiger partial charge in [0.15, 0.2) is 5.69 Å². The van der Waals surface area contributed by atoms with Crippen molar-refractivity contribution in [3.05, 3.63) is 11.4 Å². The number of ether oxygens (including phenoxy) is 1. The maximum atomic E-state index is 11.5. The summed E-state index contributed by atoms with van der Waals surface area (Å²) in [5.41, 5.74) is 0.850. The Hall–Kier alpha value is -1.92. The molecular weight excluding hydrogens is 224 g/mol. The lowest BCUT2D eigenvalue weighted by Crippen LogP contribution is -2.25. The van der Waals surface area contributed by atoms with E-state index in [2.05, 4.69) is 15.6 Å². The molecule has 0 bridgehead atoms. The van der Waals surface area contributed by atoms with Crippen LogP contribution in [-0.4, -0.2) is 40.0 Å². The molecule has 7 nitrogen and oxygen atoms in total. The van der Waals surface area contributed by atoms with Crippen LogP contribution in [0.3, 0.4) is 0 Å². The molecule has 0 aromatic carbocycles. The zero-order valence-corrected chi connectivity index (χ0v) is 10.2. The lowest BCUT2D eigenvalue weighted by atomic mass is 10.3. The molecule has 0 saturated heterocycles. The maximum Gasteiger partial charge on any atom is 0.360 e. The zero-order valence-electron chi connectivity index (χ0n) is 10.2. The number of aromatic nitrogens is 3. The molecule has 0 spiro atoms. The van der Waals surface area contributed by atoms with Crippen LogP contribution in [0.2, 0.25) is 0 Å². The third-order valence-corrected chi connectivity index (χ3v) is 2.15. The first-order chi connectivity index (χ1) is 8.06. The molecule has 0 atom stereocenters. The summed E-state index contributed by atoms with van der Waals surface area (Å²) in [6.45, 7) is 6.13. The molecule has 0 unspecified atom stereocenters. The van der Waals surface area contributed by atoms with E-state index in [9.17, 15) is 9.59 Å². The van der Waals surface area contributed by atoms with Crippen molar-refractivity contribution in [3.63, 3.8) is 0 Å². The molecule has 94 valence electrons. The molecule has 1 aromatic heterocycles. The number of hydrogen-bond acceptors (Lipinski definition) is 5. The number of amides is 1. The van der Waals surface area contributed by atoms with Gasteiger partial charge in [0.1, 0.15) is 0 Å². The van der Waals surface area contributed by atoms with Crippen LogP contribution < -0.4 is 5.32 Å². The second kappa shape index (κ2) is 5.97. The van der Waals surface area contributed by atoms with Gasteiger partial charge in [0.25, 0.3) is 0 Å². The summed E-state index contributed by atoms with van der Waals surface area (Å²) in [5.74, 6) is -0.579. The van der Waals surface area contributed by atoms with E-state index in [-0.39, 0.29) is 11.6 Å². The van der Waals surface area contributed by atoms with Gasteiger partial charge in [0, 0.05) is 13.5 Å². The summed E-state index contributed by atoms with van der Waals surface area (Å²) < 4.78 is 6.40. The van der Waals surface area contributed by atoms with Gasteiger partial charge < -0.3 is 10.1 Å². The van der Waals surface area contributed by atoms with Gasteiger partial charge in [-0.3, -0.25) is 4.79 Å². The Morgan fingerprint density at radius 2 is 2.18 bits per heavy atom. The molecule has 0 aliphatic rings. The Labute approximate surface area is 99.1 Å². The highest BCUT2D eigenvalue weighted by atomic mass is 16.5. The maximum absolute atomic E-state index is 11.5. The van der Waals surface area contributed by atoms with Crippen molar-refractivity contribution in [1.82, 2.24) is 20.3 Å². The summed E-state index contributed by atoms with van der Waals surface area (Å²) >= 11 is 0. The molecule has 1 aromatic rings. The monoisotopic (exact) mass is 240 g/mol. The second-order valence-corrected chi connectivity index (χ2v) is 3.45. The fourth-order valence-corrected chi connectivity index (χ4v) is 1.30. The highest BCUT2D eigenvalue weighted by molar-refractivity contribution is 5.88. The van der Waals surface area contributed by atoms with E-state index in [0.29, 0.717) is 25.4 Å². The third-order valence-electron chi connectivity index (χ3n) is 2.15. The van der Waals surface area contributed by atoms with Gasteiger partial charge in [-0.05, 0) is 13.8 Å². The number of carbonyl (C=O) groups excluding carboxylic acids is 2. The van der Waals surface area contributed by atoms with E-state index in [1.54, 1.807) is 18.5 Å². The zero-order chi connectivity index (χ0) is 12.8. The average Bonchev–Trinajstić information content (AvgIpc) is 2.60. The highest BCUT2D eigenvalue weighted by Gasteiger charge is 2.16. The molecule has 1 rings (SSSR count). The van der Waals surface area contributed by atoms with E-state index in [0.717, 1.165) is 0 Å². The Bertz CT molecular complexity index is 414. The fourth-order valence-electron chi connectivity index (χ4n) is 1.30. The van der Waals surface area contributed by atoms with Crippen LogP contribution in [0.1, 0.15) is 30.0 Å². The molecular formula is C10H16N4O3. The first-order valence-corrected chi connectivity index (χ1v) is 5.38. The van der Waals surface area contributed by atoms with Crippen molar-refractivity contribution < 1.29 is 14.3 Å². The predicted octanol–water partition coefficient (Wildman–Crippen LogP) is -0.101. The number of hydrogen-bond donors (Lipinski definition) is 1. The van der Waals surface area contributed by atoms with Crippen molar-refractivity contribution in [1.29, 1.82) is 0 Å². The van der Waals surface area contributed by atoms with Gasteiger partial charge in [0.2, 0.25) is 5.91 Å². The molecule has 0 aliphatic heterocycles. The summed E-state index contributed by atoms with van der Waals surface area (Å²) in [6, 6.07) is 0. The largest absolute Gasteiger partial charge is 0.461 e. The minimum absolute atomic E-state index is 0.103. The minimum atomic E-state index is -0.476. The molecule has 0 aliphatic carbocycles. The van der Waals surface area contributed by atoms with E-state index in [4.69, 9.17) is 4.74 Å². The molecule has 0 saturated carbocycles. The van der Waals surface area contributed by atoms with Crippen LogP contribution in [0, 0.1) is 6.92 Å². The lowest BCUT2D eigenvalue weighted by Gasteiger charge is -2.04. The van der Waals surface area contributed by atoms with E-state index in [1.165, 1.54) is 6.92 Å². The Morgan fingerprint density at radius 1 is 1.47 bits per heavy atom. The summed E-state index contributed by atoms with van der Waals surface area (Å²) in [7, 11) is 0. The molecule has 17 heavy (non-hydrogen) atoms. The van der Waals surface area contributed by atoms with Crippen LogP contribution in [0.25, 0.3) is 0 Å². The van der Waals surface area contributed by atoms with Gasteiger partial charge in [-0.15, -0.1) is 5.10 Å². The molecule has 1 amide bonds. The lowest BCUT2D eigenvalue weighted by molar-refractivity contribution is -0.119. The number of esters is 1. The first kappa shape index (κ1) is 13.1. The molecule has 7 heteroatoms. The topological polar surface area (TPSA) is 86.1 Å². The number of nitrogens with one attached hydrogen (secondary N) is 1. The summed E-state index contributed by atoms with van der Waals surface area (Å²) in [5, 5.41) is 10.2. The quantitative estimate of drug-likeness (QED) is 0.726. The fraction of sp³-hybridized carbons (Fsp3) is 0.600. The van der Waals surface area contributed by atoms with Crippen molar-refractivity contribution >= 4 is 11.9 Å². The van der Waals surface area contributed by atoms with Crippen molar-refractivity contribution in [2.45, 2.75) is 27.3 Å². The number of nitrogens with zero attached hydrogens (tertiary/aromatic N) is 3. The summed E-state index contributed by atoms with van der Waals surface area (Å²) in [6.07, 6.45) is 0. The Kier molecular flexibility index (Phi) is 4.62. The smallest absolute Gasteiger partial charge is 0.360 e. The highest BCUT2D eigenvalue weighted by Crippen LogP contribution is 2.05. The average molecular weight is 240 g/mol. The van der Waals surface area contributed by atoms with Gasteiger partial charge in [0.05, 0.1) is 18.8 Å². The Balaban J connectivity index is 2.63. The second-order valence-electron chi connectivity index (χ2n) is 3.45. The van der Waals surface area contributed by atoms with Crippen LogP contribution in [0.5, 0.6) is 0 Å². The van der Waals surface area contributed by atoms with Crippen LogP contribution in [0.15, 0.2) is 0 Å². The van der Waals surface area contributed by atoms with E-state index >= 15 is 0 Å². The third kappa shape index (κ3) is 3.54. The predicted molar refractivity (Wildman–Crippen MR) is 59.4 cm³/mol. The van der Waals surface area contributed by atoms with Crippen LogP contribution in [0.4, 0.5) is 0 Å². The van der Waals surface area contributed by atoms with E-state index in [1.807, 2.05) is 0 Å². The number of carbonyl (C=O) groups is 2. The SMILES string of the molecule is CCOC(=O)c1nnn(CCNC(C)=O)c1C. The van der Waals surface area contributed by atoms with Crippen LogP contribution in [-0.2, 0) is 16.1 Å². The van der Waals surface area contributed by atoms with Gasteiger partial charge in [-0.1, -0.05) is 5.21 Å². The van der Waals surface area contributed by atoms with Gasteiger partial charge in [-0.2, -0.15) is 0 Å². The van der Waals surface area contributed by atoms with Gasteiger partial charge in [-0.25, -0.2) is 9.48 Å². The minimum Gasteiger partial charge on any atom is -0.461 e.